The summed E-state index contributed by atoms with van der Waals surface area (Å²) in [5.74, 6) is -0.664. The molecule has 108 valence electrons. The van der Waals surface area contributed by atoms with E-state index in [9.17, 15) is 9.59 Å². The van der Waals surface area contributed by atoms with Crippen LogP contribution in [0.1, 0.15) is 23.7 Å². The van der Waals surface area contributed by atoms with Crippen LogP contribution < -0.4 is 4.74 Å². The molecule has 1 aromatic rings. The molecule has 0 heterocycles. The smallest absolute Gasteiger partial charge is 0.330 e. The van der Waals surface area contributed by atoms with E-state index in [1.807, 2.05) is 6.92 Å². The number of allylic oxidation sites excluding steroid dienone is 1. The van der Waals surface area contributed by atoms with E-state index in [-0.39, 0.29) is 15.6 Å². The van der Waals surface area contributed by atoms with Crippen LogP contribution in [0.5, 0.6) is 5.75 Å². The minimum absolute atomic E-state index is 0.251. The van der Waals surface area contributed by atoms with E-state index < -0.39 is 11.8 Å². The monoisotopic (exact) mass is 316 g/mol. The molecule has 0 bridgehead atoms. The van der Waals surface area contributed by atoms with Crippen molar-refractivity contribution in [2.24, 2.45) is 0 Å². The summed E-state index contributed by atoms with van der Waals surface area (Å²) < 4.78 is 9.80. The molecule has 0 aliphatic heterocycles. The number of rotatable bonds is 6. The summed E-state index contributed by atoms with van der Waals surface area (Å²) in [5.41, 5.74) is 0.268. The molecule has 0 saturated carbocycles. The lowest BCUT2D eigenvalue weighted by molar-refractivity contribution is -0.134. The van der Waals surface area contributed by atoms with Crippen LogP contribution in [0, 0.1) is 0 Å². The summed E-state index contributed by atoms with van der Waals surface area (Å²) in [5, 5.41) is 0.501. The highest BCUT2D eigenvalue weighted by molar-refractivity contribution is 6.37. The minimum atomic E-state index is -0.613. The number of carbonyl (C=O) groups is 2. The van der Waals surface area contributed by atoms with Crippen LogP contribution >= 0.6 is 23.2 Å². The Morgan fingerprint density at radius 1 is 1.20 bits per heavy atom. The summed E-state index contributed by atoms with van der Waals surface area (Å²) in [4.78, 5) is 22.8. The molecule has 0 unspecified atom stereocenters. The van der Waals surface area contributed by atoms with Gasteiger partial charge in [-0.1, -0.05) is 30.1 Å². The van der Waals surface area contributed by atoms with Crippen molar-refractivity contribution >= 4 is 35.0 Å². The first-order valence-electron chi connectivity index (χ1n) is 5.91. The van der Waals surface area contributed by atoms with Gasteiger partial charge < -0.3 is 9.47 Å². The Bertz CT molecular complexity index is 515. The van der Waals surface area contributed by atoms with E-state index in [0.29, 0.717) is 12.4 Å². The fourth-order valence-corrected chi connectivity index (χ4v) is 1.95. The van der Waals surface area contributed by atoms with Gasteiger partial charge in [0.1, 0.15) is 0 Å². The van der Waals surface area contributed by atoms with E-state index in [2.05, 4.69) is 4.74 Å². The van der Waals surface area contributed by atoms with Gasteiger partial charge in [-0.15, -0.1) is 0 Å². The van der Waals surface area contributed by atoms with Crippen LogP contribution in [0.3, 0.4) is 0 Å². The molecule has 0 radical (unpaired) electrons. The van der Waals surface area contributed by atoms with Crippen molar-refractivity contribution in [2.75, 3.05) is 13.7 Å². The topological polar surface area (TPSA) is 52.6 Å². The van der Waals surface area contributed by atoms with Crippen LogP contribution in [-0.4, -0.2) is 25.5 Å². The molecule has 0 saturated heterocycles. The lowest BCUT2D eigenvalue weighted by Gasteiger charge is -2.10. The predicted octanol–water partition coefficient (Wildman–Crippen LogP) is 3.69. The van der Waals surface area contributed by atoms with Crippen molar-refractivity contribution in [1.29, 1.82) is 0 Å². The van der Waals surface area contributed by atoms with Crippen LogP contribution in [0.15, 0.2) is 24.3 Å². The van der Waals surface area contributed by atoms with Crippen molar-refractivity contribution in [2.45, 2.75) is 13.3 Å². The Kier molecular flexibility index (Phi) is 6.55. The molecule has 0 fully saturated rings. The largest absolute Gasteiger partial charge is 0.490 e. The highest BCUT2D eigenvalue weighted by Gasteiger charge is 2.13. The SMILES string of the molecule is CCCOc1c(Cl)cc(C(=O)/C=C/C(=O)OC)cc1Cl. The van der Waals surface area contributed by atoms with Gasteiger partial charge in [-0.2, -0.15) is 0 Å². The number of esters is 1. The molecule has 6 heteroatoms. The maximum absolute atomic E-state index is 11.8. The van der Waals surface area contributed by atoms with Crippen molar-refractivity contribution in [3.8, 4) is 5.75 Å². The van der Waals surface area contributed by atoms with E-state index in [1.165, 1.54) is 19.2 Å². The lowest BCUT2D eigenvalue weighted by atomic mass is 10.1. The number of hydrogen-bond donors (Lipinski definition) is 0. The van der Waals surface area contributed by atoms with E-state index in [0.717, 1.165) is 18.6 Å². The van der Waals surface area contributed by atoms with Gasteiger partial charge in [0, 0.05) is 11.6 Å². The predicted molar refractivity (Wildman–Crippen MR) is 77.7 cm³/mol. The molecule has 20 heavy (non-hydrogen) atoms. The average molecular weight is 317 g/mol. The molecule has 0 aliphatic carbocycles. The summed E-state index contributed by atoms with van der Waals surface area (Å²) in [7, 11) is 1.23. The Hall–Kier alpha value is -1.52. The Balaban J connectivity index is 2.95. The Labute approximate surface area is 127 Å². The molecule has 0 spiro atoms. The van der Waals surface area contributed by atoms with Gasteiger partial charge in [0.05, 0.1) is 23.8 Å². The third-order valence-electron chi connectivity index (χ3n) is 2.31. The molecular weight excluding hydrogens is 303 g/mol. The lowest BCUT2D eigenvalue weighted by Crippen LogP contribution is -2.01. The van der Waals surface area contributed by atoms with Gasteiger partial charge in [0.2, 0.25) is 0 Å². The number of ether oxygens (including phenoxy) is 2. The molecule has 1 aromatic carbocycles. The number of halogens is 2. The second-order valence-corrected chi connectivity index (χ2v) is 4.65. The first-order chi connectivity index (χ1) is 9.49. The van der Waals surface area contributed by atoms with Gasteiger partial charge in [-0.25, -0.2) is 4.79 Å². The number of hydrogen-bond acceptors (Lipinski definition) is 4. The maximum Gasteiger partial charge on any atom is 0.330 e. The third-order valence-corrected chi connectivity index (χ3v) is 2.87. The zero-order chi connectivity index (χ0) is 15.1. The summed E-state index contributed by atoms with van der Waals surface area (Å²) in [6.45, 7) is 2.44. The van der Waals surface area contributed by atoms with Crippen LogP contribution in [0.4, 0.5) is 0 Å². The quantitative estimate of drug-likeness (QED) is 0.456. The number of carbonyl (C=O) groups excluding carboxylic acids is 2. The zero-order valence-corrected chi connectivity index (χ0v) is 12.6. The fourth-order valence-electron chi connectivity index (χ4n) is 1.35. The summed E-state index contributed by atoms with van der Waals surface area (Å²) in [6.07, 6.45) is 2.95. The van der Waals surface area contributed by atoms with Gasteiger partial charge in [-0.3, -0.25) is 4.79 Å². The van der Waals surface area contributed by atoms with Gasteiger partial charge >= 0.3 is 5.97 Å². The first-order valence-corrected chi connectivity index (χ1v) is 6.67. The van der Waals surface area contributed by atoms with Gasteiger partial charge in [-0.05, 0) is 24.6 Å². The van der Waals surface area contributed by atoms with Gasteiger partial charge in [0.15, 0.2) is 11.5 Å². The van der Waals surface area contributed by atoms with Crippen molar-refractivity contribution in [3.63, 3.8) is 0 Å². The second-order valence-electron chi connectivity index (χ2n) is 3.84. The molecule has 0 atom stereocenters. The summed E-state index contributed by atoms with van der Waals surface area (Å²) in [6, 6.07) is 2.89. The molecule has 0 N–H and O–H groups in total. The fraction of sp³-hybridized carbons (Fsp3) is 0.286. The van der Waals surface area contributed by atoms with Crippen molar-refractivity contribution in [3.05, 3.63) is 39.9 Å². The second kappa shape index (κ2) is 7.92. The summed E-state index contributed by atoms with van der Waals surface area (Å²) >= 11 is 12.1. The van der Waals surface area contributed by atoms with Crippen LogP contribution in [0.25, 0.3) is 0 Å². The number of ketones is 1. The molecule has 0 aromatic heterocycles. The zero-order valence-electron chi connectivity index (χ0n) is 11.1. The highest BCUT2D eigenvalue weighted by atomic mass is 35.5. The van der Waals surface area contributed by atoms with Crippen LogP contribution in [-0.2, 0) is 9.53 Å². The van der Waals surface area contributed by atoms with E-state index >= 15 is 0 Å². The third kappa shape index (κ3) is 4.54. The Morgan fingerprint density at radius 3 is 2.30 bits per heavy atom. The Morgan fingerprint density at radius 2 is 1.80 bits per heavy atom. The highest BCUT2D eigenvalue weighted by Crippen LogP contribution is 2.34. The van der Waals surface area contributed by atoms with Crippen LogP contribution in [0.2, 0.25) is 10.0 Å². The van der Waals surface area contributed by atoms with E-state index in [1.54, 1.807) is 0 Å². The first kappa shape index (κ1) is 16.5. The molecule has 0 aliphatic rings. The maximum atomic E-state index is 11.8. The molecule has 0 amide bonds. The minimum Gasteiger partial charge on any atom is -0.490 e. The standard InChI is InChI=1S/C14H14Cl2O4/c1-3-6-20-14-10(15)7-9(8-11(14)16)12(17)4-5-13(18)19-2/h4-5,7-8H,3,6H2,1-2H3/b5-4+. The van der Waals surface area contributed by atoms with Gasteiger partial charge in [0.25, 0.3) is 0 Å². The number of benzene rings is 1. The van der Waals surface area contributed by atoms with Crippen molar-refractivity contribution < 1.29 is 19.1 Å². The molecular formula is C14H14Cl2O4. The normalized spacial score (nSPS) is 10.6. The van der Waals surface area contributed by atoms with E-state index in [4.69, 9.17) is 27.9 Å². The molecule has 4 nitrogen and oxygen atoms in total. The van der Waals surface area contributed by atoms with Crippen molar-refractivity contribution in [1.82, 2.24) is 0 Å². The molecule has 1 rings (SSSR count). The average Bonchev–Trinajstić information content (AvgIpc) is 2.43. The number of methoxy groups -OCH3 is 1.